The van der Waals surface area contributed by atoms with Crippen LogP contribution >= 0.6 is 22.6 Å². The first-order valence-electron chi connectivity index (χ1n) is 4.49. The Hall–Kier alpha value is -0.130. The summed E-state index contributed by atoms with van der Waals surface area (Å²) in [6.45, 7) is 2.16. The lowest BCUT2D eigenvalue weighted by molar-refractivity contribution is 0.510. The first-order valence-corrected chi connectivity index (χ1v) is 5.57. The quantitative estimate of drug-likeness (QED) is 0.508. The van der Waals surface area contributed by atoms with Crippen LogP contribution in [0.3, 0.4) is 0 Å². The molecular weight excluding hydrogens is 275 g/mol. The lowest BCUT2D eigenvalue weighted by Gasteiger charge is -2.15. The molecule has 1 rings (SSSR count). The molecule has 0 bridgehead atoms. The minimum Gasteiger partial charge on any atom is -0.271 e. The molecule has 1 aromatic carbocycles. The number of rotatable bonds is 4. The van der Waals surface area contributed by atoms with E-state index in [1.807, 2.05) is 0 Å². The minimum atomic E-state index is 0.291. The second kappa shape index (κ2) is 5.57. The van der Waals surface area contributed by atoms with Gasteiger partial charge in [0, 0.05) is 9.61 Å². The van der Waals surface area contributed by atoms with Crippen LogP contribution in [0.25, 0.3) is 0 Å². The van der Waals surface area contributed by atoms with Gasteiger partial charge in [-0.3, -0.25) is 11.3 Å². The molecule has 3 N–H and O–H groups in total. The molecule has 0 aromatic heterocycles. The number of hydrazine groups is 1. The number of nitrogens with two attached hydrogens (primary N) is 1. The third kappa shape index (κ3) is 3.25. The van der Waals surface area contributed by atoms with Crippen molar-refractivity contribution >= 4 is 22.6 Å². The molecular formula is C10H15IN2. The molecule has 0 aliphatic carbocycles. The van der Waals surface area contributed by atoms with E-state index < -0.39 is 0 Å². The molecule has 3 heteroatoms. The first kappa shape index (κ1) is 10.9. The normalized spacial score (nSPS) is 12.8. The van der Waals surface area contributed by atoms with Crippen LogP contribution in [0.5, 0.6) is 0 Å². The molecule has 1 atom stereocenters. The zero-order valence-electron chi connectivity index (χ0n) is 7.76. The number of hydrogen-bond acceptors (Lipinski definition) is 2. The van der Waals surface area contributed by atoms with E-state index in [9.17, 15) is 0 Å². The van der Waals surface area contributed by atoms with Crippen LogP contribution in [-0.4, -0.2) is 0 Å². The molecule has 2 nitrogen and oxygen atoms in total. The van der Waals surface area contributed by atoms with E-state index >= 15 is 0 Å². The van der Waals surface area contributed by atoms with E-state index in [2.05, 4.69) is 59.2 Å². The largest absolute Gasteiger partial charge is 0.271 e. The average molecular weight is 290 g/mol. The van der Waals surface area contributed by atoms with Gasteiger partial charge in [0.25, 0.3) is 0 Å². The van der Waals surface area contributed by atoms with Gasteiger partial charge in [0.05, 0.1) is 0 Å². The summed E-state index contributed by atoms with van der Waals surface area (Å²) in [5, 5.41) is 0. The Kier molecular flexibility index (Phi) is 4.69. The van der Waals surface area contributed by atoms with Crippen molar-refractivity contribution in [3.8, 4) is 0 Å². The van der Waals surface area contributed by atoms with Gasteiger partial charge in [-0.15, -0.1) is 0 Å². The third-order valence-electron chi connectivity index (χ3n) is 2.03. The molecule has 0 aliphatic heterocycles. The number of benzene rings is 1. The fourth-order valence-corrected chi connectivity index (χ4v) is 1.93. The van der Waals surface area contributed by atoms with Crippen molar-refractivity contribution in [2.24, 2.45) is 5.84 Å². The molecule has 72 valence electrons. The van der Waals surface area contributed by atoms with E-state index in [1.54, 1.807) is 0 Å². The van der Waals surface area contributed by atoms with Gasteiger partial charge in [-0.2, -0.15) is 0 Å². The lowest BCUT2D eigenvalue weighted by Crippen LogP contribution is -2.27. The van der Waals surface area contributed by atoms with Crippen molar-refractivity contribution in [1.82, 2.24) is 5.43 Å². The topological polar surface area (TPSA) is 38.0 Å². The number of hydrogen-bond donors (Lipinski definition) is 2. The molecule has 0 fully saturated rings. The van der Waals surface area contributed by atoms with Crippen LogP contribution in [0.1, 0.15) is 31.4 Å². The van der Waals surface area contributed by atoms with Gasteiger partial charge in [0.2, 0.25) is 0 Å². The highest BCUT2D eigenvalue weighted by Gasteiger charge is 2.07. The number of halogens is 1. The second-order valence-electron chi connectivity index (χ2n) is 3.06. The standard InChI is InChI=1S/C10H15IN2/c1-2-4-10(13-12)8-5-3-6-9(11)7-8/h3,5-7,10,13H,2,4,12H2,1H3. The summed E-state index contributed by atoms with van der Waals surface area (Å²) in [5.41, 5.74) is 4.12. The maximum Gasteiger partial charge on any atom is 0.0460 e. The fourth-order valence-electron chi connectivity index (χ4n) is 1.36. The smallest absolute Gasteiger partial charge is 0.0460 e. The summed E-state index contributed by atoms with van der Waals surface area (Å²) in [5.74, 6) is 5.49. The zero-order valence-corrected chi connectivity index (χ0v) is 9.91. The van der Waals surface area contributed by atoms with Crippen LogP contribution in [0.15, 0.2) is 24.3 Å². The fraction of sp³-hybridized carbons (Fsp3) is 0.400. The monoisotopic (exact) mass is 290 g/mol. The van der Waals surface area contributed by atoms with Gasteiger partial charge in [0.15, 0.2) is 0 Å². The highest BCUT2D eigenvalue weighted by Crippen LogP contribution is 2.19. The van der Waals surface area contributed by atoms with E-state index in [0.29, 0.717) is 6.04 Å². The summed E-state index contributed by atoms with van der Waals surface area (Å²) in [4.78, 5) is 0. The van der Waals surface area contributed by atoms with E-state index in [-0.39, 0.29) is 0 Å². The van der Waals surface area contributed by atoms with Crippen molar-refractivity contribution in [3.63, 3.8) is 0 Å². The Bertz CT molecular complexity index is 263. The maximum atomic E-state index is 5.49. The van der Waals surface area contributed by atoms with E-state index in [4.69, 9.17) is 5.84 Å². The van der Waals surface area contributed by atoms with E-state index in [1.165, 1.54) is 9.13 Å². The van der Waals surface area contributed by atoms with Gasteiger partial charge < -0.3 is 0 Å². The molecule has 1 aromatic rings. The predicted octanol–water partition coefficient (Wildman–Crippen LogP) is 2.60. The molecule has 0 saturated carbocycles. The third-order valence-corrected chi connectivity index (χ3v) is 2.70. The summed E-state index contributed by atoms with van der Waals surface area (Å²) < 4.78 is 1.26. The minimum absolute atomic E-state index is 0.291. The summed E-state index contributed by atoms with van der Waals surface area (Å²) in [6.07, 6.45) is 2.22. The summed E-state index contributed by atoms with van der Waals surface area (Å²) in [6, 6.07) is 8.73. The van der Waals surface area contributed by atoms with Gasteiger partial charge in [-0.25, -0.2) is 0 Å². The van der Waals surface area contributed by atoms with Crippen LogP contribution in [-0.2, 0) is 0 Å². The predicted molar refractivity (Wildman–Crippen MR) is 64.1 cm³/mol. The highest BCUT2D eigenvalue weighted by molar-refractivity contribution is 14.1. The lowest BCUT2D eigenvalue weighted by atomic mass is 10.0. The van der Waals surface area contributed by atoms with Crippen molar-refractivity contribution < 1.29 is 0 Å². The van der Waals surface area contributed by atoms with Crippen molar-refractivity contribution in [3.05, 3.63) is 33.4 Å². The molecule has 0 amide bonds. The van der Waals surface area contributed by atoms with Gasteiger partial charge in [-0.05, 0) is 46.7 Å². The number of nitrogens with one attached hydrogen (secondary N) is 1. The van der Waals surface area contributed by atoms with Crippen LogP contribution in [0.2, 0.25) is 0 Å². The molecule has 13 heavy (non-hydrogen) atoms. The van der Waals surface area contributed by atoms with Crippen LogP contribution < -0.4 is 11.3 Å². The Morgan fingerprint density at radius 2 is 2.31 bits per heavy atom. The highest BCUT2D eigenvalue weighted by atomic mass is 127. The summed E-state index contributed by atoms with van der Waals surface area (Å²) >= 11 is 2.31. The molecule has 0 aliphatic rings. The second-order valence-corrected chi connectivity index (χ2v) is 4.31. The van der Waals surface area contributed by atoms with E-state index in [0.717, 1.165) is 12.8 Å². The Balaban J connectivity index is 2.78. The van der Waals surface area contributed by atoms with Crippen molar-refractivity contribution in [2.75, 3.05) is 0 Å². The maximum absolute atomic E-state index is 5.49. The Morgan fingerprint density at radius 3 is 2.85 bits per heavy atom. The summed E-state index contributed by atoms with van der Waals surface area (Å²) in [7, 11) is 0. The zero-order chi connectivity index (χ0) is 9.68. The molecule has 1 unspecified atom stereocenters. The average Bonchev–Trinajstić information content (AvgIpc) is 2.14. The first-order chi connectivity index (χ1) is 6.27. The van der Waals surface area contributed by atoms with Crippen molar-refractivity contribution in [2.45, 2.75) is 25.8 Å². The Morgan fingerprint density at radius 1 is 1.54 bits per heavy atom. The Labute approximate surface area is 93.0 Å². The van der Waals surface area contributed by atoms with Crippen molar-refractivity contribution in [1.29, 1.82) is 0 Å². The van der Waals surface area contributed by atoms with Gasteiger partial charge in [-0.1, -0.05) is 25.5 Å². The molecule has 0 heterocycles. The molecule has 0 radical (unpaired) electrons. The van der Waals surface area contributed by atoms with Gasteiger partial charge in [0.1, 0.15) is 0 Å². The SMILES string of the molecule is CCCC(NN)c1cccc(I)c1. The van der Waals surface area contributed by atoms with Gasteiger partial charge >= 0.3 is 0 Å². The molecule has 0 saturated heterocycles. The van der Waals surface area contributed by atoms with Crippen LogP contribution in [0.4, 0.5) is 0 Å². The van der Waals surface area contributed by atoms with Crippen LogP contribution in [0, 0.1) is 3.57 Å². The molecule has 0 spiro atoms.